The maximum Gasteiger partial charge on any atom is 0.162 e. The third-order valence-corrected chi connectivity index (χ3v) is 3.64. The molecule has 0 aliphatic carbocycles. The van der Waals surface area contributed by atoms with E-state index in [4.69, 9.17) is 0 Å². The lowest BCUT2D eigenvalue weighted by atomic mass is 9.88. The van der Waals surface area contributed by atoms with Gasteiger partial charge in [0.1, 0.15) is 0 Å². The summed E-state index contributed by atoms with van der Waals surface area (Å²) in [7, 11) is 0. The first-order valence-electron chi connectivity index (χ1n) is 6.34. The molecular weight excluding hydrogens is 232 g/mol. The molecule has 0 amide bonds. The highest BCUT2D eigenvalue weighted by molar-refractivity contribution is 5.95. The Hall–Kier alpha value is -2.40. The second-order valence-electron chi connectivity index (χ2n) is 4.89. The van der Waals surface area contributed by atoms with E-state index in [1.165, 1.54) is 22.3 Å². The zero-order valence-corrected chi connectivity index (χ0v) is 11.0. The van der Waals surface area contributed by atoms with Crippen LogP contribution in [0, 0.1) is 25.2 Å². The number of aryl methyl sites for hydroxylation is 2. The Morgan fingerprint density at radius 1 is 1.00 bits per heavy atom. The van der Waals surface area contributed by atoms with Crippen molar-refractivity contribution in [3.8, 4) is 17.2 Å². The average molecular weight is 246 g/mol. The standard InChI is InChI=1S/C17H14N2/c1-11-5-3-7-13-10-19-15(9-18)14-8-4-6-12(2)17(14)16(11)13/h3-8,10,15H,1-2H3/t15-/m0/s1. The Labute approximate surface area is 113 Å². The summed E-state index contributed by atoms with van der Waals surface area (Å²) in [6, 6.07) is 14.2. The van der Waals surface area contributed by atoms with Crippen molar-refractivity contribution in [1.82, 2.24) is 0 Å². The third kappa shape index (κ3) is 1.75. The van der Waals surface area contributed by atoms with Crippen LogP contribution in [0.4, 0.5) is 0 Å². The fourth-order valence-corrected chi connectivity index (χ4v) is 2.74. The molecule has 0 aromatic heterocycles. The monoisotopic (exact) mass is 246 g/mol. The van der Waals surface area contributed by atoms with Crippen LogP contribution in [0.25, 0.3) is 11.1 Å². The summed E-state index contributed by atoms with van der Waals surface area (Å²) in [4.78, 5) is 4.42. The average Bonchev–Trinajstić information content (AvgIpc) is 2.57. The third-order valence-electron chi connectivity index (χ3n) is 3.64. The minimum Gasteiger partial charge on any atom is -0.269 e. The van der Waals surface area contributed by atoms with Gasteiger partial charge in [-0.1, -0.05) is 36.4 Å². The molecule has 1 aliphatic heterocycles. The topological polar surface area (TPSA) is 36.1 Å². The molecule has 0 fully saturated rings. The maximum atomic E-state index is 9.34. The number of fused-ring (bicyclic) bond motifs is 3. The number of nitriles is 1. The largest absolute Gasteiger partial charge is 0.269 e. The molecule has 0 saturated heterocycles. The van der Waals surface area contributed by atoms with E-state index in [0.717, 1.165) is 11.1 Å². The molecular formula is C17H14N2. The van der Waals surface area contributed by atoms with E-state index >= 15 is 0 Å². The first-order valence-corrected chi connectivity index (χ1v) is 6.34. The van der Waals surface area contributed by atoms with Gasteiger partial charge in [0.05, 0.1) is 6.07 Å². The van der Waals surface area contributed by atoms with Crippen LogP contribution >= 0.6 is 0 Å². The zero-order valence-electron chi connectivity index (χ0n) is 11.0. The van der Waals surface area contributed by atoms with Gasteiger partial charge in [0.2, 0.25) is 0 Å². The summed E-state index contributed by atoms with van der Waals surface area (Å²) < 4.78 is 0. The van der Waals surface area contributed by atoms with E-state index in [2.05, 4.69) is 43.1 Å². The van der Waals surface area contributed by atoms with Gasteiger partial charge in [-0.3, -0.25) is 4.99 Å². The summed E-state index contributed by atoms with van der Waals surface area (Å²) in [6.45, 7) is 4.20. The molecule has 2 aromatic carbocycles. The molecule has 0 radical (unpaired) electrons. The lowest BCUT2D eigenvalue weighted by Crippen LogP contribution is -1.97. The number of nitrogens with zero attached hydrogens (tertiary/aromatic N) is 2. The van der Waals surface area contributed by atoms with Crippen molar-refractivity contribution in [2.75, 3.05) is 0 Å². The van der Waals surface area contributed by atoms with Crippen LogP contribution in [-0.2, 0) is 0 Å². The molecule has 0 N–H and O–H groups in total. The van der Waals surface area contributed by atoms with E-state index in [9.17, 15) is 5.26 Å². The second-order valence-corrected chi connectivity index (χ2v) is 4.89. The van der Waals surface area contributed by atoms with E-state index in [-0.39, 0.29) is 0 Å². The normalized spacial score (nSPS) is 16.2. The minimum atomic E-state index is -0.415. The maximum absolute atomic E-state index is 9.34. The first kappa shape index (κ1) is 11.7. The Bertz CT molecular complexity index is 721. The molecule has 0 saturated carbocycles. The Balaban J connectivity index is 2.44. The van der Waals surface area contributed by atoms with Crippen LogP contribution in [-0.4, -0.2) is 6.21 Å². The highest BCUT2D eigenvalue weighted by atomic mass is 14.8. The van der Waals surface area contributed by atoms with Crippen molar-refractivity contribution in [3.05, 3.63) is 58.7 Å². The second kappa shape index (κ2) is 4.37. The summed E-state index contributed by atoms with van der Waals surface area (Å²) in [5.74, 6) is 0. The van der Waals surface area contributed by atoms with Crippen molar-refractivity contribution in [2.24, 2.45) is 4.99 Å². The molecule has 3 rings (SSSR count). The summed E-state index contributed by atoms with van der Waals surface area (Å²) in [5, 5.41) is 9.34. The molecule has 0 bridgehead atoms. The van der Waals surface area contributed by atoms with Crippen molar-refractivity contribution >= 4 is 6.21 Å². The fraction of sp³-hybridized carbons (Fsp3) is 0.176. The number of benzene rings is 2. The van der Waals surface area contributed by atoms with Gasteiger partial charge in [-0.15, -0.1) is 0 Å². The predicted octanol–water partition coefficient (Wildman–Crippen LogP) is 3.97. The molecule has 0 unspecified atom stereocenters. The molecule has 2 heteroatoms. The molecule has 2 aromatic rings. The Morgan fingerprint density at radius 3 is 2.42 bits per heavy atom. The van der Waals surface area contributed by atoms with Gasteiger partial charge in [0.25, 0.3) is 0 Å². The molecule has 92 valence electrons. The zero-order chi connectivity index (χ0) is 13.4. The van der Waals surface area contributed by atoms with Crippen LogP contribution in [0.2, 0.25) is 0 Å². The van der Waals surface area contributed by atoms with Crippen LogP contribution in [0.5, 0.6) is 0 Å². The van der Waals surface area contributed by atoms with Crippen molar-refractivity contribution < 1.29 is 0 Å². The van der Waals surface area contributed by atoms with E-state index in [1.54, 1.807) is 0 Å². The van der Waals surface area contributed by atoms with Crippen LogP contribution < -0.4 is 0 Å². The molecule has 1 heterocycles. The number of aliphatic imine (C=N–C) groups is 1. The van der Waals surface area contributed by atoms with Gasteiger partial charge < -0.3 is 0 Å². The fourth-order valence-electron chi connectivity index (χ4n) is 2.74. The van der Waals surface area contributed by atoms with E-state index in [0.29, 0.717) is 0 Å². The van der Waals surface area contributed by atoms with Gasteiger partial charge in [-0.2, -0.15) is 5.26 Å². The van der Waals surface area contributed by atoms with Gasteiger partial charge >= 0.3 is 0 Å². The molecule has 0 spiro atoms. The van der Waals surface area contributed by atoms with E-state index < -0.39 is 6.04 Å². The summed E-state index contributed by atoms with van der Waals surface area (Å²) in [6.07, 6.45) is 1.83. The summed E-state index contributed by atoms with van der Waals surface area (Å²) in [5.41, 5.74) is 6.88. The highest BCUT2D eigenvalue weighted by Crippen LogP contribution is 2.38. The molecule has 1 atom stereocenters. The van der Waals surface area contributed by atoms with Crippen molar-refractivity contribution in [3.63, 3.8) is 0 Å². The molecule has 1 aliphatic rings. The first-order chi connectivity index (χ1) is 9.22. The molecule has 2 nitrogen and oxygen atoms in total. The van der Waals surface area contributed by atoms with Gasteiger partial charge in [0, 0.05) is 11.8 Å². The van der Waals surface area contributed by atoms with Crippen LogP contribution in [0.3, 0.4) is 0 Å². The van der Waals surface area contributed by atoms with Crippen LogP contribution in [0.1, 0.15) is 28.3 Å². The Kier molecular flexibility index (Phi) is 2.68. The van der Waals surface area contributed by atoms with Gasteiger partial charge in [-0.05, 0) is 41.7 Å². The lowest BCUT2D eigenvalue weighted by Gasteiger charge is -2.15. The number of rotatable bonds is 0. The van der Waals surface area contributed by atoms with Crippen molar-refractivity contribution in [2.45, 2.75) is 19.9 Å². The number of hydrogen-bond donors (Lipinski definition) is 0. The number of hydrogen-bond acceptors (Lipinski definition) is 2. The smallest absolute Gasteiger partial charge is 0.162 e. The van der Waals surface area contributed by atoms with E-state index in [1.807, 2.05) is 24.4 Å². The Morgan fingerprint density at radius 2 is 1.68 bits per heavy atom. The van der Waals surface area contributed by atoms with Gasteiger partial charge in [-0.25, -0.2) is 0 Å². The molecule has 19 heavy (non-hydrogen) atoms. The summed E-state index contributed by atoms with van der Waals surface area (Å²) >= 11 is 0. The predicted molar refractivity (Wildman–Crippen MR) is 77.3 cm³/mol. The van der Waals surface area contributed by atoms with Crippen LogP contribution in [0.15, 0.2) is 41.4 Å². The lowest BCUT2D eigenvalue weighted by molar-refractivity contribution is 0.937. The van der Waals surface area contributed by atoms with Gasteiger partial charge in [0.15, 0.2) is 6.04 Å². The quantitative estimate of drug-likeness (QED) is 0.693. The van der Waals surface area contributed by atoms with Crippen molar-refractivity contribution in [1.29, 1.82) is 5.26 Å². The highest BCUT2D eigenvalue weighted by Gasteiger charge is 2.21. The minimum absolute atomic E-state index is 0.415. The SMILES string of the molecule is Cc1cccc2c1-c1c(C)cccc1[C@H](C#N)N=C2.